The third-order valence-electron chi connectivity index (χ3n) is 2.92. The van der Waals surface area contributed by atoms with Gasteiger partial charge in [-0.2, -0.15) is 8.78 Å². The third kappa shape index (κ3) is 5.94. The van der Waals surface area contributed by atoms with Crippen molar-refractivity contribution in [3.63, 3.8) is 0 Å². The van der Waals surface area contributed by atoms with Crippen LogP contribution in [-0.2, 0) is 17.6 Å². The molecule has 1 aromatic rings. The summed E-state index contributed by atoms with van der Waals surface area (Å²) in [5.74, 6) is 1.14. The van der Waals surface area contributed by atoms with Crippen molar-refractivity contribution in [2.75, 3.05) is 13.2 Å². The van der Waals surface area contributed by atoms with Crippen LogP contribution in [0.4, 0.5) is 17.6 Å². The van der Waals surface area contributed by atoms with Gasteiger partial charge in [0.05, 0.1) is 6.61 Å². The molecule has 0 aromatic carbocycles. The molecule has 0 spiro atoms. The van der Waals surface area contributed by atoms with Gasteiger partial charge in [0.1, 0.15) is 6.61 Å². The van der Waals surface area contributed by atoms with Crippen molar-refractivity contribution >= 4 is 0 Å². The van der Waals surface area contributed by atoms with Crippen molar-refractivity contribution in [1.29, 1.82) is 0 Å². The number of rotatable bonds is 9. The second-order valence-corrected chi connectivity index (χ2v) is 4.66. The summed E-state index contributed by atoms with van der Waals surface area (Å²) < 4.78 is 53.9. The number of ether oxygens (including phenoxy) is 1. The van der Waals surface area contributed by atoms with Gasteiger partial charge in [0.25, 0.3) is 0 Å². The van der Waals surface area contributed by atoms with Crippen LogP contribution in [0.5, 0.6) is 0 Å². The second-order valence-electron chi connectivity index (χ2n) is 4.66. The van der Waals surface area contributed by atoms with Crippen LogP contribution in [-0.4, -0.2) is 36.6 Å². The highest BCUT2D eigenvalue weighted by Crippen LogP contribution is 2.22. The average molecular weight is 309 g/mol. The summed E-state index contributed by atoms with van der Waals surface area (Å²) in [5, 5.41) is 0. The zero-order valence-electron chi connectivity index (χ0n) is 11.7. The van der Waals surface area contributed by atoms with Gasteiger partial charge in [-0.3, -0.25) is 16.3 Å². The van der Waals surface area contributed by atoms with E-state index in [1.54, 1.807) is 12.3 Å². The highest BCUT2D eigenvalue weighted by atomic mass is 19.3. The summed E-state index contributed by atoms with van der Waals surface area (Å²) in [5.41, 5.74) is 4.18. The van der Waals surface area contributed by atoms with Crippen LogP contribution in [0.25, 0.3) is 0 Å². The monoisotopic (exact) mass is 309 g/mol. The lowest BCUT2D eigenvalue weighted by atomic mass is 10.1. The molecular weight excluding hydrogens is 290 g/mol. The molecule has 1 rings (SSSR count). The molecule has 0 aliphatic carbocycles. The van der Waals surface area contributed by atoms with Gasteiger partial charge in [-0.1, -0.05) is 13.0 Å². The van der Waals surface area contributed by atoms with E-state index >= 15 is 0 Å². The Morgan fingerprint density at radius 3 is 2.57 bits per heavy atom. The Bertz CT molecular complexity index is 414. The molecule has 0 bridgehead atoms. The number of alkyl halides is 4. The van der Waals surface area contributed by atoms with Crippen molar-refractivity contribution in [2.24, 2.45) is 5.84 Å². The summed E-state index contributed by atoms with van der Waals surface area (Å²) in [4.78, 5) is 4.20. The van der Waals surface area contributed by atoms with Crippen molar-refractivity contribution < 1.29 is 22.3 Å². The number of aryl methyl sites for hydroxylation is 1. The maximum atomic E-state index is 12.7. The van der Waals surface area contributed by atoms with Crippen LogP contribution >= 0.6 is 0 Å². The molecule has 4 nitrogen and oxygen atoms in total. The Balaban J connectivity index is 2.44. The number of pyridine rings is 1. The van der Waals surface area contributed by atoms with Gasteiger partial charge >= 0.3 is 12.3 Å². The SMILES string of the molecule is CCc1ccc(CC(COCC(F)(F)C(F)F)NN)nc1. The fourth-order valence-corrected chi connectivity index (χ4v) is 1.60. The van der Waals surface area contributed by atoms with E-state index in [1.165, 1.54) is 0 Å². The lowest BCUT2D eigenvalue weighted by Crippen LogP contribution is -2.42. The Morgan fingerprint density at radius 2 is 2.10 bits per heavy atom. The average Bonchev–Trinajstić information content (AvgIpc) is 2.46. The number of hydrazine groups is 1. The van der Waals surface area contributed by atoms with Crippen molar-refractivity contribution in [1.82, 2.24) is 10.4 Å². The first-order valence-electron chi connectivity index (χ1n) is 6.52. The molecule has 0 aliphatic heterocycles. The predicted molar refractivity (Wildman–Crippen MR) is 70.2 cm³/mol. The zero-order valence-corrected chi connectivity index (χ0v) is 11.7. The third-order valence-corrected chi connectivity index (χ3v) is 2.92. The normalized spacial score (nSPS) is 13.7. The van der Waals surface area contributed by atoms with Crippen molar-refractivity contribution in [3.8, 4) is 0 Å². The molecular formula is C13H19F4N3O. The molecule has 1 unspecified atom stereocenters. The van der Waals surface area contributed by atoms with E-state index in [-0.39, 0.29) is 6.61 Å². The molecule has 0 radical (unpaired) electrons. The van der Waals surface area contributed by atoms with E-state index in [0.717, 1.165) is 12.0 Å². The first-order valence-corrected chi connectivity index (χ1v) is 6.52. The number of hydrogen-bond donors (Lipinski definition) is 2. The standard InChI is InChI=1S/C13H19F4N3O/c1-2-9-3-4-10(19-6-9)5-11(20-18)7-21-8-13(16,17)12(14)15/h3-4,6,11-12,20H,2,5,7-8,18H2,1H3. The number of nitrogens with zero attached hydrogens (tertiary/aromatic N) is 1. The fraction of sp³-hybridized carbons (Fsp3) is 0.615. The summed E-state index contributed by atoms with van der Waals surface area (Å²) in [6.45, 7) is 0.443. The predicted octanol–water partition coefficient (Wildman–Crippen LogP) is 1.94. The van der Waals surface area contributed by atoms with Gasteiger partial charge in [-0.05, 0) is 18.1 Å². The number of nitrogens with two attached hydrogens (primary N) is 1. The minimum Gasteiger partial charge on any atom is -0.373 e. The van der Waals surface area contributed by atoms with Crippen LogP contribution in [0.15, 0.2) is 18.3 Å². The lowest BCUT2D eigenvalue weighted by Gasteiger charge is -2.19. The molecule has 0 aliphatic rings. The van der Waals surface area contributed by atoms with E-state index in [0.29, 0.717) is 12.1 Å². The number of aromatic nitrogens is 1. The molecule has 3 N–H and O–H groups in total. The molecule has 0 fully saturated rings. The lowest BCUT2D eigenvalue weighted by molar-refractivity contribution is -0.167. The molecule has 120 valence electrons. The molecule has 1 aromatic heterocycles. The van der Waals surface area contributed by atoms with Crippen molar-refractivity contribution in [2.45, 2.75) is 38.2 Å². The number of hydrogen-bond acceptors (Lipinski definition) is 4. The number of nitrogens with one attached hydrogen (secondary N) is 1. The molecule has 1 atom stereocenters. The van der Waals surface area contributed by atoms with E-state index in [4.69, 9.17) is 5.84 Å². The van der Waals surface area contributed by atoms with E-state index in [9.17, 15) is 17.6 Å². The van der Waals surface area contributed by atoms with Gasteiger partial charge < -0.3 is 4.74 Å². The van der Waals surface area contributed by atoms with Gasteiger partial charge in [0.2, 0.25) is 0 Å². The maximum absolute atomic E-state index is 12.7. The Labute approximate surface area is 120 Å². The molecule has 0 saturated carbocycles. The zero-order chi connectivity index (χ0) is 15.9. The summed E-state index contributed by atoms with van der Waals surface area (Å²) >= 11 is 0. The van der Waals surface area contributed by atoms with E-state index < -0.39 is 25.0 Å². The smallest absolute Gasteiger partial charge is 0.330 e. The molecule has 21 heavy (non-hydrogen) atoms. The maximum Gasteiger partial charge on any atom is 0.330 e. The van der Waals surface area contributed by atoms with Gasteiger partial charge in [0.15, 0.2) is 0 Å². The molecule has 0 saturated heterocycles. The van der Waals surface area contributed by atoms with Crippen LogP contribution < -0.4 is 11.3 Å². The van der Waals surface area contributed by atoms with Crippen LogP contribution in [0, 0.1) is 0 Å². The highest BCUT2D eigenvalue weighted by Gasteiger charge is 2.41. The largest absolute Gasteiger partial charge is 0.373 e. The van der Waals surface area contributed by atoms with Crippen LogP contribution in [0.2, 0.25) is 0 Å². The van der Waals surface area contributed by atoms with Gasteiger partial charge in [-0.15, -0.1) is 0 Å². The first-order chi connectivity index (χ1) is 9.89. The second kappa shape index (κ2) is 8.26. The quantitative estimate of drug-likeness (QED) is 0.416. The van der Waals surface area contributed by atoms with Gasteiger partial charge in [0, 0.05) is 24.4 Å². The van der Waals surface area contributed by atoms with E-state index in [2.05, 4.69) is 15.1 Å². The Hall–Kier alpha value is -1.25. The van der Waals surface area contributed by atoms with E-state index in [1.807, 2.05) is 13.0 Å². The van der Waals surface area contributed by atoms with Crippen LogP contribution in [0.3, 0.4) is 0 Å². The summed E-state index contributed by atoms with van der Waals surface area (Å²) in [7, 11) is 0. The Morgan fingerprint density at radius 1 is 1.38 bits per heavy atom. The highest BCUT2D eigenvalue weighted by molar-refractivity contribution is 5.14. The summed E-state index contributed by atoms with van der Waals surface area (Å²) in [6.07, 6.45) is -0.822. The first kappa shape index (κ1) is 17.8. The molecule has 0 amide bonds. The van der Waals surface area contributed by atoms with Crippen molar-refractivity contribution in [3.05, 3.63) is 29.6 Å². The fourth-order valence-electron chi connectivity index (χ4n) is 1.60. The topological polar surface area (TPSA) is 60.2 Å². The minimum atomic E-state index is -4.15. The summed E-state index contributed by atoms with van der Waals surface area (Å²) in [6, 6.07) is 3.22. The number of halogens is 4. The van der Waals surface area contributed by atoms with Gasteiger partial charge in [-0.25, -0.2) is 8.78 Å². The molecule has 8 heteroatoms. The minimum absolute atomic E-state index is 0.212. The molecule has 1 heterocycles. The Kier molecular flexibility index (Phi) is 7.00. The van der Waals surface area contributed by atoms with Crippen LogP contribution in [0.1, 0.15) is 18.2 Å².